The summed E-state index contributed by atoms with van der Waals surface area (Å²) in [6, 6.07) is 22.4. The van der Waals surface area contributed by atoms with Gasteiger partial charge in [0.05, 0.1) is 22.6 Å². The number of nitrogens with zero attached hydrogens (tertiary/aromatic N) is 1. The molecule has 8 heteroatoms. The van der Waals surface area contributed by atoms with Crippen molar-refractivity contribution >= 4 is 27.5 Å². The number of nitrogens with one attached hydrogen (secondary N) is 1. The molecule has 33 heavy (non-hydrogen) atoms. The second-order valence-corrected chi connectivity index (χ2v) is 9.65. The fourth-order valence-electron chi connectivity index (χ4n) is 3.37. The minimum Gasteiger partial charge on any atom is -0.492 e. The standard InChI is InChI=1S/C25H27ClN2O4S/c1-3-32-24-15-14-22(16-23(24)26)33(30,31)27-19(2)25(29)28(17-20-10-6-4-7-11-20)18-21-12-8-5-9-13-21/h4-16,19,27H,3,17-18H2,1-2H3/t19-/m1/s1. The van der Waals surface area contributed by atoms with E-state index in [9.17, 15) is 13.2 Å². The Morgan fingerprint density at radius 3 is 2.00 bits per heavy atom. The summed E-state index contributed by atoms with van der Waals surface area (Å²) in [4.78, 5) is 14.9. The van der Waals surface area contributed by atoms with Crippen LogP contribution in [0.25, 0.3) is 0 Å². The van der Waals surface area contributed by atoms with Gasteiger partial charge in [0.25, 0.3) is 0 Å². The zero-order chi connectivity index (χ0) is 23.8. The van der Waals surface area contributed by atoms with E-state index in [1.807, 2.05) is 67.6 Å². The van der Waals surface area contributed by atoms with Crippen molar-refractivity contribution < 1.29 is 17.9 Å². The third kappa shape index (κ3) is 6.81. The van der Waals surface area contributed by atoms with E-state index in [1.54, 1.807) is 11.8 Å². The van der Waals surface area contributed by atoms with Crippen LogP contribution in [0, 0.1) is 0 Å². The van der Waals surface area contributed by atoms with Crippen LogP contribution in [-0.4, -0.2) is 31.9 Å². The Labute approximate surface area is 200 Å². The van der Waals surface area contributed by atoms with Crippen LogP contribution in [0.4, 0.5) is 0 Å². The molecule has 0 saturated heterocycles. The molecule has 3 aromatic carbocycles. The lowest BCUT2D eigenvalue weighted by Gasteiger charge is -2.26. The van der Waals surface area contributed by atoms with Crippen molar-refractivity contribution in [3.05, 3.63) is 95.0 Å². The summed E-state index contributed by atoms with van der Waals surface area (Å²) < 4.78 is 33.7. The smallest absolute Gasteiger partial charge is 0.241 e. The molecule has 1 N–H and O–H groups in total. The monoisotopic (exact) mass is 486 g/mol. The molecule has 0 radical (unpaired) electrons. The average molecular weight is 487 g/mol. The molecule has 0 aliphatic rings. The summed E-state index contributed by atoms with van der Waals surface area (Å²) in [5, 5.41) is 0.188. The third-order valence-electron chi connectivity index (χ3n) is 4.96. The van der Waals surface area contributed by atoms with Gasteiger partial charge in [-0.1, -0.05) is 72.3 Å². The summed E-state index contributed by atoms with van der Waals surface area (Å²) in [5.74, 6) is 0.0717. The molecule has 174 valence electrons. The van der Waals surface area contributed by atoms with E-state index in [2.05, 4.69) is 4.72 Å². The number of hydrogen-bond acceptors (Lipinski definition) is 4. The van der Waals surface area contributed by atoms with Crippen LogP contribution in [0.2, 0.25) is 5.02 Å². The molecule has 6 nitrogen and oxygen atoms in total. The summed E-state index contributed by atoms with van der Waals surface area (Å²) in [5.41, 5.74) is 1.91. The van der Waals surface area contributed by atoms with Crippen molar-refractivity contribution in [2.24, 2.45) is 0 Å². The van der Waals surface area contributed by atoms with Gasteiger partial charge < -0.3 is 9.64 Å². The molecule has 0 heterocycles. The molecule has 3 aromatic rings. The van der Waals surface area contributed by atoms with Gasteiger partial charge in [-0.15, -0.1) is 0 Å². The van der Waals surface area contributed by atoms with E-state index >= 15 is 0 Å². The summed E-state index contributed by atoms with van der Waals surface area (Å²) >= 11 is 6.15. The van der Waals surface area contributed by atoms with Crippen LogP contribution in [-0.2, 0) is 27.9 Å². The molecular weight excluding hydrogens is 460 g/mol. The lowest BCUT2D eigenvalue weighted by atomic mass is 10.1. The second kappa shape index (κ2) is 11.3. The zero-order valence-electron chi connectivity index (χ0n) is 18.6. The molecule has 1 atom stereocenters. The Kier molecular flexibility index (Phi) is 8.49. The van der Waals surface area contributed by atoms with E-state index in [1.165, 1.54) is 18.2 Å². The summed E-state index contributed by atoms with van der Waals surface area (Å²) in [7, 11) is -3.98. The second-order valence-electron chi connectivity index (χ2n) is 7.53. The number of halogens is 1. The predicted molar refractivity (Wildman–Crippen MR) is 130 cm³/mol. The van der Waals surface area contributed by atoms with Crippen molar-refractivity contribution in [3.8, 4) is 5.75 Å². The molecule has 0 fully saturated rings. The first kappa shape index (κ1) is 24.8. The van der Waals surface area contributed by atoms with Crippen molar-refractivity contribution in [1.29, 1.82) is 0 Å². The van der Waals surface area contributed by atoms with Gasteiger partial charge in [-0.3, -0.25) is 4.79 Å². The molecule has 0 unspecified atom stereocenters. The largest absolute Gasteiger partial charge is 0.492 e. The SMILES string of the molecule is CCOc1ccc(S(=O)(=O)N[C@H](C)C(=O)N(Cc2ccccc2)Cc2ccccc2)cc1Cl. The Bertz CT molecular complexity index is 1130. The first-order valence-electron chi connectivity index (χ1n) is 10.6. The molecule has 0 saturated carbocycles. The van der Waals surface area contributed by atoms with Gasteiger partial charge in [-0.25, -0.2) is 8.42 Å². The normalized spacial score (nSPS) is 12.2. The highest BCUT2D eigenvalue weighted by molar-refractivity contribution is 7.89. The third-order valence-corrected chi connectivity index (χ3v) is 6.79. The lowest BCUT2D eigenvalue weighted by molar-refractivity contribution is -0.133. The van der Waals surface area contributed by atoms with Gasteiger partial charge in [-0.05, 0) is 43.2 Å². The van der Waals surface area contributed by atoms with Crippen molar-refractivity contribution in [1.82, 2.24) is 9.62 Å². The maximum Gasteiger partial charge on any atom is 0.241 e. The lowest BCUT2D eigenvalue weighted by Crippen LogP contribution is -2.46. The maximum absolute atomic E-state index is 13.3. The Hall–Kier alpha value is -2.87. The topological polar surface area (TPSA) is 75.7 Å². The van der Waals surface area contributed by atoms with Crippen LogP contribution in [0.1, 0.15) is 25.0 Å². The van der Waals surface area contributed by atoms with Gasteiger partial charge in [0.15, 0.2) is 0 Å². The highest BCUT2D eigenvalue weighted by Gasteiger charge is 2.27. The number of amides is 1. The van der Waals surface area contributed by atoms with Crippen LogP contribution < -0.4 is 9.46 Å². The van der Waals surface area contributed by atoms with E-state index < -0.39 is 16.1 Å². The van der Waals surface area contributed by atoms with Gasteiger partial charge in [0.1, 0.15) is 5.75 Å². The molecule has 3 rings (SSSR count). The van der Waals surface area contributed by atoms with E-state index in [0.717, 1.165) is 11.1 Å². The van der Waals surface area contributed by atoms with Crippen LogP contribution >= 0.6 is 11.6 Å². The number of carbonyl (C=O) groups is 1. The minimum absolute atomic E-state index is 0.0340. The number of carbonyl (C=O) groups excluding carboxylic acids is 1. The van der Waals surface area contributed by atoms with Crippen LogP contribution in [0.5, 0.6) is 5.75 Å². The van der Waals surface area contributed by atoms with Crippen molar-refractivity contribution in [3.63, 3.8) is 0 Å². The molecule has 1 amide bonds. The predicted octanol–water partition coefficient (Wildman–Crippen LogP) is 4.63. The number of benzene rings is 3. The Balaban J connectivity index is 1.79. The molecule has 0 aliphatic heterocycles. The van der Waals surface area contributed by atoms with E-state index in [-0.39, 0.29) is 15.8 Å². The van der Waals surface area contributed by atoms with E-state index in [4.69, 9.17) is 16.3 Å². The highest BCUT2D eigenvalue weighted by Crippen LogP contribution is 2.27. The quantitative estimate of drug-likeness (QED) is 0.453. The van der Waals surface area contributed by atoms with Gasteiger partial charge >= 0.3 is 0 Å². The van der Waals surface area contributed by atoms with Gasteiger partial charge in [-0.2, -0.15) is 4.72 Å². The summed E-state index contributed by atoms with van der Waals surface area (Å²) in [6.07, 6.45) is 0. The first-order valence-corrected chi connectivity index (χ1v) is 12.5. The van der Waals surface area contributed by atoms with E-state index in [0.29, 0.717) is 25.4 Å². The van der Waals surface area contributed by atoms with Gasteiger partial charge in [0.2, 0.25) is 15.9 Å². The minimum atomic E-state index is -3.98. The fraction of sp³-hybridized carbons (Fsp3) is 0.240. The number of hydrogen-bond donors (Lipinski definition) is 1. The highest BCUT2D eigenvalue weighted by atomic mass is 35.5. The number of sulfonamides is 1. The Morgan fingerprint density at radius 2 is 1.52 bits per heavy atom. The molecule has 0 bridgehead atoms. The molecule has 0 spiro atoms. The molecular formula is C25H27ClN2O4S. The van der Waals surface area contributed by atoms with Crippen LogP contribution in [0.15, 0.2) is 83.8 Å². The number of ether oxygens (including phenoxy) is 1. The summed E-state index contributed by atoms with van der Waals surface area (Å²) in [6.45, 7) is 4.48. The Morgan fingerprint density at radius 1 is 0.970 bits per heavy atom. The van der Waals surface area contributed by atoms with Crippen molar-refractivity contribution in [2.45, 2.75) is 37.9 Å². The maximum atomic E-state index is 13.3. The fourth-order valence-corrected chi connectivity index (χ4v) is 4.89. The zero-order valence-corrected chi connectivity index (χ0v) is 20.1. The molecule has 0 aliphatic carbocycles. The van der Waals surface area contributed by atoms with Gasteiger partial charge in [0, 0.05) is 13.1 Å². The van der Waals surface area contributed by atoms with Crippen molar-refractivity contribution in [2.75, 3.05) is 6.61 Å². The van der Waals surface area contributed by atoms with Crippen LogP contribution in [0.3, 0.4) is 0 Å². The average Bonchev–Trinajstić information content (AvgIpc) is 2.80. The number of rotatable bonds is 10. The first-order chi connectivity index (χ1) is 15.8. The molecule has 0 aromatic heterocycles.